The van der Waals surface area contributed by atoms with Crippen molar-refractivity contribution in [1.82, 2.24) is 5.32 Å². The topological polar surface area (TPSA) is 49.3 Å². The molecule has 2 atom stereocenters. The highest BCUT2D eigenvalue weighted by Gasteiger charge is 2.15. The average Bonchev–Trinajstić information content (AvgIpc) is 2.61. The number of carbonyl (C=O) groups is 1. The zero-order valence-electron chi connectivity index (χ0n) is 13.2. The van der Waals surface area contributed by atoms with Gasteiger partial charge < -0.3 is 10.4 Å². The highest BCUT2D eigenvalue weighted by molar-refractivity contribution is 5.96. The molecule has 0 saturated heterocycles. The number of ketones is 1. The van der Waals surface area contributed by atoms with Crippen molar-refractivity contribution >= 4 is 5.78 Å². The van der Waals surface area contributed by atoms with Gasteiger partial charge in [0.05, 0.1) is 6.10 Å². The maximum Gasteiger partial charge on any atom is 0.207 e. The predicted molar refractivity (Wildman–Crippen MR) is 91.8 cm³/mol. The van der Waals surface area contributed by atoms with Gasteiger partial charge in [0.2, 0.25) is 5.78 Å². The average molecular weight is 307 g/mol. The van der Waals surface area contributed by atoms with E-state index in [9.17, 15) is 9.90 Å². The van der Waals surface area contributed by atoms with Crippen molar-refractivity contribution in [3.8, 4) is 11.8 Å². The Morgan fingerprint density at radius 3 is 2.35 bits per heavy atom. The standard InChI is InChI=1S/C20H21NO2/c1-16(20(23)18-10-6-3-7-11-18)21-15-14-19(22)13-12-17-8-4-2-5-9-17/h2-11,16,20-21,23H,14-15H2,1H3. The molecule has 0 radical (unpaired) electrons. The van der Waals surface area contributed by atoms with Crippen LogP contribution in [-0.2, 0) is 4.79 Å². The number of hydrogen-bond donors (Lipinski definition) is 2. The highest BCUT2D eigenvalue weighted by atomic mass is 16.3. The molecular formula is C20H21NO2. The van der Waals surface area contributed by atoms with Gasteiger partial charge in [0.15, 0.2) is 0 Å². The van der Waals surface area contributed by atoms with Crippen molar-refractivity contribution in [3.63, 3.8) is 0 Å². The quantitative estimate of drug-likeness (QED) is 0.807. The van der Waals surface area contributed by atoms with Crippen molar-refractivity contribution in [3.05, 3.63) is 71.8 Å². The summed E-state index contributed by atoms with van der Waals surface area (Å²) in [5.74, 6) is 5.39. The fraction of sp³-hybridized carbons (Fsp3) is 0.250. The van der Waals surface area contributed by atoms with Gasteiger partial charge in [-0.3, -0.25) is 4.79 Å². The predicted octanol–water partition coefficient (Wildman–Crippen LogP) is 2.71. The fourth-order valence-corrected chi connectivity index (χ4v) is 2.19. The van der Waals surface area contributed by atoms with Crippen LogP contribution >= 0.6 is 0 Å². The van der Waals surface area contributed by atoms with E-state index in [0.29, 0.717) is 13.0 Å². The van der Waals surface area contributed by atoms with Crippen molar-refractivity contribution in [2.75, 3.05) is 6.54 Å². The third kappa shape index (κ3) is 5.71. The van der Waals surface area contributed by atoms with Crippen LogP contribution in [0.15, 0.2) is 60.7 Å². The van der Waals surface area contributed by atoms with E-state index in [-0.39, 0.29) is 11.8 Å². The molecule has 2 N–H and O–H groups in total. The smallest absolute Gasteiger partial charge is 0.207 e. The molecule has 2 unspecified atom stereocenters. The van der Waals surface area contributed by atoms with E-state index in [2.05, 4.69) is 17.2 Å². The molecule has 0 spiro atoms. The maximum absolute atomic E-state index is 11.8. The van der Waals surface area contributed by atoms with Crippen LogP contribution in [0.1, 0.15) is 30.6 Å². The van der Waals surface area contributed by atoms with E-state index < -0.39 is 6.10 Å². The summed E-state index contributed by atoms with van der Waals surface area (Å²) in [6.45, 7) is 2.39. The number of carbonyl (C=O) groups excluding carboxylic acids is 1. The lowest BCUT2D eigenvalue weighted by molar-refractivity contribution is -0.113. The second-order valence-corrected chi connectivity index (χ2v) is 5.39. The second kappa shape index (κ2) is 8.89. The number of Topliss-reactive ketones (excluding diaryl/α,β-unsaturated/α-hetero) is 1. The van der Waals surface area contributed by atoms with Gasteiger partial charge in [0.1, 0.15) is 0 Å². The first kappa shape index (κ1) is 17.0. The molecule has 2 rings (SSSR count). The Kier molecular flexibility index (Phi) is 6.56. The van der Waals surface area contributed by atoms with E-state index >= 15 is 0 Å². The molecule has 0 aliphatic carbocycles. The molecule has 0 aromatic heterocycles. The summed E-state index contributed by atoms with van der Waals surface area (Å²) in [4.78, 5) is 11.8. The van der Waals surface area contributed by atoms with Crippen LogP contribution in [-0.4, -0.2) is 23.5 Å². The highest BCUT2D eigenvalue weighted by Crippen LogP contribution is 2.15. The van der Waals surface area contributed by atoms with E-state index in [1.54, 1.807) is 0 Å². The van der Waals surface area contributed by atoms with Crippen LogP contribution in [0.4, 0.5) is 0 Å². The van der Waals surface area contributed by atoms with E-state index in [1.165, 1.54) is 0 Å². The summed E-state index contributed by atoms with van der Waals surface area (Å²) in [7, 11) is 0. The van der Waals surface area contributed by atoms with Crippen LogP contribution in [0.5, 0.6) is 0 Å². The van der Waals surface area contributed by atoms with Crippen LogP contribution in [0, 0.1) is 11.8 Å². The third-order valence-electron chi connectivity index (χ3n) is 3.55. The van der Waals surface area contributed by atoms with Gasteiger partial charge in [0, 0.05) is 24.6 Å². The van der Waals surface area contributed by atoms with Gasteiger partial charge in [-0.1, -0.05) is 54.5 Å². The number of rotatable bonds is 6. The summed E-state index contributed by atoms with van der Waals surface area (Å²) < 4.78 is 0. The SMILES string of the molecule is CC(NCCC(=O)C#Cc1ccccc1)C(O)c1ccccc1. The largest absolute Gasteiger partial charge is 0.387 e. The molecule has 2 aromatic carbocycles. The van der Waals surface area contributed by atoms with Crippen molar-refractivity contribution in [2.45, 2.75) is 25.5 Å². The number of hydrogen-bond acceptors (Lipinski definition) is 3. The first-order valence-corrected chi connectivity index (χ1v) is 7.73. The van der Waals surface area contributed by atoms with Gasteiger partial charge in [-0.2, -0.15) is 0 Å². The molecule has 23 heavy (non-hydrogen) atoms. The number of nitrogens with one attached hydrogen (secondary N) is 1. The monoisotopic (exact) mass is 307 g/mol. The zero-order valence-corrected chi connectivity index (χ0v) is 13.2. The Morgan fingerprint density at radius 1 is 1.09 bits per heavy atom. The van der Waals surface area contributed by atoms with E-state index in [0.717, 1.165) is 11.1 Å². The minimum atomic E-state index is -0.596. The van der Waals surface area contributed by atoms with Gasteiger partial charge in [0.25, 0.3) is 0 Å². The van der Waals surface area contributed by atoms with Gasteiger partial charge in [-0.05, 0) is 30.5 Å². The summed E-state index contributed by atoms with van der Waals surface area (Å²) in [6.07, 6.45) is -0.271. The Hall–Kier alpha value is -2.41. The van der Waals surface area contributed by atoms with Crippen molar-refractivity contribution in [2.24, 2.45) is 0 Å². The summed E-state index contributed by atoms with van der Waals surface area (Å²) in [5.41, 5.74) is 1.70. The normalized spacial score (nSPS) is 12.8. The zero-order chi connectivity index (χ0) is 16.5. The third-order valence-corrected chi connectivity index (χ3v) is 3.55. The van der Waals surface area contributed by atoms with Crippen molar-refractivity contribution < 1.29 is 9.90 Å². The minimum Gasteiger partial charge on any atom is -0.387 e. The summed E-state index contributed by atoms with van der Waals surface area (Å²) >= 11 is 0. The van der Waals surface area contributed by atoms with Gasteiger partial charge in [-0.25, -0.2) is 0 Å². The number of aliphatic hydroxyl groups excluding tert-OH is 1. The summed E-state index contributed by atoms with van der Waals surface area (Å²) in [6, 6.07) is 18.8. The molecule has 0 heterocycles. The summed E-state index contributed by atoms with van der Waals surface area (Å²) in [5, 5.41) is 13.4. The van der Waals surface area contributed by atoms with Crippen LogP contribution in [0.3, 0.4) is 0 Å². The lowest BCUT2D eigenvalue weighted by Gasteiger charge is -2.20. The van der Waals surface area contributed by atoms with E-state index in [4.69, 9.17) is 0 Å². The maximum atomic E-state index is 11.8. The molecule has 0 amide bonds. The molecule has 3 heteroatoms. The molecule has 118 valence electrons. The molecule has 2 aromatic rings. The molecule has 0 fully saturated rings. The lowest BCUT2D eigenvalue weighted by Crippen LogP contribution is -2.33. The number of benzene rings is 2. The molecule has 0 saturated carbocycles. The van der Waals surface area contributed by atoms with Gasteiger partial charge >= 0.3 is 0 Å². The molecule has 0 bridgehead atoms. The van der Waals surface area contributed by atoms with Crippen LogP contribution in [0.25, 0.3) is 0 Å². The second-order valence-electron chi connectivity index (χ2n) is 5.39. The molecular weight excluding hydrogens is 286 g/mol. The Bertz CT molecular complexity index is 671. The molecule has 0 aliphatic rings. The molecule has 3 nitrogen and oxygen atoms in total. The van der Waals surface area contributed by atoms with Crippen molar-refractivity contribution in [1.29, 1.82) is 0 Å². The lowest BCUT2D eigenvalue weighted by atomic mass is 10.0. The van der Waals surface area contributed by atoms with E-state index in [1.807, 2.05) is 67.6 Å². The minimum absolute atomic E-state index is 0.109. The Balaban J connectivity index is 1.76. The first-order valence-electron chi connectivity index (χ1n) is 7.73. The molecule has 0 aliphatic heterocycles. The van der Waals surface area contributed by atoms with Crippen LogP contribution < -0.4 is 5.32 Å². The van der Waals surface area contributed by atoms with Crippen LogP contribution in [0.2, 0.25) is 0 Å². The number of aliphatic hydroxyl groups is 1. The first-order chi connectivity index (χ1) is 11.2. The van der Waals surface area contributed by atoms with Gasteiger partial charge in [-0.15, -0.1) is 0 Å². The fourth-order valence-electron chi connectivity index (χ4n) is 2.19. The Morgan fingerprint density at radius 2 is 1.70 bits per heavy atom. The Labute approximate surface area is 137 Å².